The molecule has 1 unspecified atom stereocenters. The summed E-state index contributed by atoms with van der Waals surface area (Å²) in [5.74, 6) is -0.926. The van der Waals surface area contributed by atoms with Gasteiger partial charge in [0.1, 0.15) is 6.04 Å². The second-order valence-electron chi connectivity index (χ2n) is 4.15. The van der Waals surface area contributed by atoms with Crippen LogP contribution in [0.5, 0.6) is 0 Å². The van der Waals surface area contributed by atoms with E-state index in [0.717, 1.165) is 30.6 Å². The molecule has 1 aromatic rings. The van der Waals surface area contributed by atoms with Gasteiger partial charge in [-0.3, -0.25) is 0 Å². The van der Waals surface area contributed by atoms with E-state index >= 15 is 0 Å². The number of hydrogen-bond acceptors (Lipinski definition) is 3. The molecule has 0 aliphatic carbocycles. The Kier molecular flexibility index (Phi) is 3.01. The number of carbonyl (C=O) groups is 1. The Labute approximate surface area is 100 Å². The van der Waals surface area contributed by atoms with Crippen molar-refractivity contribution in [1.29, 1.82) is 5.26 Å². The van der Waals surface area contributed by atoms with Crippen LogP contribution in [0.1, 0.15) is 29.3 Å². The highest BCUT2D eigenvalue weighted by atomic mass is 16.4. The fourth-order valence-corrected chi connectivity index (χ4v) is 2.24. The number of nitriles is 1. The van der Waals surface area contributed by atoms with Gasteiger partial charge in [0, 0.05) is 12.2 Å². The van der Waals surface area contributed by atoms with Gasteiger partial charge in [-0.25, -0.2) is 4.79 Å². The van der Waals surface area contributed by atoms with Crippen LogP contribution in [-0.2, 0) is 6.42 Å². The first-order chi connectivity index (χ1) is 8.17. The van der Waals surface area contributed by atoms with Crippen LogP contribution in [0.3, 0.4) is 0 Å². The molecule has 88 valence electrons. The van der Waals surface area contributed by atoms with Crippen LogP contribution in [0.25, 0.3) is 0 Å². The fraction of sp³-hybridized carbons (Fsp3) is 0.385. The summed E-state index contributed by atoms with van der Waals surface area (Å²) in [7, 11) is 0. The molecule has 0 amide bonds. The maximum absolute atomic E-state index is 10.9. The molecule has 1 atom stereocenters. The van der Waals surface area contributed by atoms with Crippen molar-refractivity contribution in [2.24, 2.45) is 0 Å². The topological polar surface area (TPSA) is 64.3 Å². The van der Waals surface area contributed by atoms with Crippen LogP contribution in [0.15, 0.2) is 18.2 Å². The Morgan fingerprint density at radius 3 is 3.00 bits per heavy atom. The fourth-order valence-electron chi connectivity index (χ4n) is 2.24. The average Bonchev–Trinajstić information content (AvgIpc) is 2.74. The number of carboxylic acids is 1. The van der Waals surface area contributed by atoms with Gasteiger partial charge < -0.3 is 10.0 Å². The predicted molar refractivity (Wildman–Crippen MR) is 64.1 cm³/mol. The molecule has 1 N–H and O–H groups in total. The standard InChI is InChI=1S/C13H14N2O2/c1-2-11(8-14)15-6-5-9-3-4-10(13(16)17)7-12(9)15/h3-4,7,11H,2,5-6H2,1H3,(H,16,17). The van der Waals surface area contributed by atoms with Crippen molar-refractivity contribution in [3.63, 3.8) is 0 Å². The summed E-state index contributed by atoms with van der Waals surface area (Å²) in [6.45, 7) is 2.76. The zero-order chi connectivity index (χ0) is 12.4. The monoisotopic (exact) mass is 230 g/mol. The van der Waals surface area contributed by atoms with Crippen molar-refractivity contribution in [1.82, 2.24) is 0 Å². The van der Waals surface area contributed by atoms with Crippen LogP contribution in [0.4, 0.5) is 5.69 Å². The normalized spacial score (nSPS) is 15.2. The van der Waals surface area contributed by atoms with Crippen LogP contribution in [-0.4, -0.2) is 23.7 Å². The van der Waals surface area contributed by atoms with Gasteiger partial charge >= 0.3 is 5.97 Å². The molecule has 4 nitrogen and oxygen atoms in total. The minimum Gasteiger partial charge on any atom is -0.478 e. The van der Waals surface area contributed by atoms with E-state index in [4.69, 9.17) is 10.4 Å². The Morgan fingerprint density at radius 1 is 1.65 bits per heavy atom. The Bertz CT molecular complexity index is 491. The lowest BCUT2D eigenvalue weighted by Crippen LogP contribution is -2.32. The quantitative estimate of drug-likeness (QED) is 0.863. The summed E-state index contributed by atoms with van der Waals surface area (Å²) in [4.78, 5) is 12.9. The molecular formula is C13H14N2O2. The van der Waals surface area contributed by atoms with E-state index in [-0.39, 0.29) is 11.6 Å². The number of fused-ring (bicyclic) bond motifs is 1. The lowest BCUT2D eigenvalue weighted by molar-refractivity contribution is 0.0697. The molecule has 0 aromatic heterocycles. The highest BCUT2D eigenvalue weighted by Crippen LogP contribution is 2.31. The molecule has 1 aromatic carbocycles. The lowest BCUT2D eigenvalue weighted by Gasteiger charge is -2.24. The summed E-state index contributed by atoms with van der Waals surface area (Å²) in [5, 5.41) is 18.1. The van der Waals surface area contributed by atoms with E-state index in [1.54, 1.807) is 12.1 Å². The van der Waals surface area contributed by atoms with Gasteiger partial charge in [-0.05, 0) is 30.5 Å². The van der Waals surface area contributed by atoms with Crippen LogP contribution in [0.2, 0.25) is 0 Å². The molecule has 17 heavy (non-hydrogen) atoms. The molecule has 2 rings (SSSR count). The van der Waals surface area contributed by atoms with E-state index in [1.807, 2.05) is 17.9 Å². The Hall–Kier alpha value is -2.02. The first-order valence-corrected chi connectivity index (χ1v) is 5.69. The summed E-state index contributed by atoms with van der Waals surface area (Å²) < 4.78 is 0. The summed E-state index contributed by atoms with van der Waals surface area (Å²) in [6.07, 6.45) is 1.63. The van der Waals surface area contributed by atoms with Gasteiger partial charge in [-0.15, -0.1) is 0 Å². The van der Waals surface area contributed by atoms with Crippen molar-refractivity contribution in [2.75, 3.05) is 11.4 Å². The SMILES string of the molecule is CCC(C#N)N1CCc2ccc(C(=O)O)cc21. The van der Waals surface area contributed by atoms with E-state index < -0.39 is 5.97 Å². The number of benzene rings is 1. The highest BCUT2D eigenvalue weighted by Gasteiger charge is 2.25. The third kappa shape index (κ3) is 1.96. The molecule has 0 bridgehead atoms. The zero-order valence-electron chi connectivity index (χ0n) is 9.68. The molecule has 0 fully saturated rings. The first kappa shape index (κ1) is 11.5. The first-order valence-electron chi connectivity index (χ1n) is 5.69. The van der Waals surface area contributed by atoms with Crippen molar-refractivity contribution in [3.8, 4) is 6.07 Å². The van der Waals surface area contributed by atoms with Gasteiger partial charge in [0.15, 0.2) is 0 Å². The third-order valence-electron chi connectivity index (χ3n) is 3.18. The molecular weight excluding hydrogens is 216 g/mol. The van der Waals surface area contributed by atoms with Gasteiger partial charge in [-0.1, -0.05) is 13.0 Å². The van der Waals surface area contributed by atoms with Gasteiger partial charge in [0.05, 0.1) is 11.6 Å². The number of nitrogens with zero attached hydrogens (tertiary/aromatic N) is 2. The molecule has 0 saturated heterocycles. The number of anilines is 1. The van der Waals surface area contributed by atoms with Crippen LogP contribution >= 0.6 is 0 Å². The average molecular weight is 230 g/mol. The van der Waals surface area contributed by atoms with Gasteiger partial charge in [0.25, 0.3) is 0 Å². The maximum Gasteiger partial charge on any atom is 0.335 e. The molecule has 4 heteroatoms. The predicted octanol–water partition coefficient (Wildman–Crippen LogP) is 2.05. The smallest absolute Gasteiger partial charge is 0.335 e. The van der Waals surface area contributed by atoms with Crippen LogP contribution < -0.4 is 4.90 Å². The van der Waals surface area contributed by atoms with Crippen molar-refractivity contribution in [3.05, 3.63) is 29.3 Å². The van der Waals surface area contributed by atoms with Gasteiger partial charge in [-0.2, -0.15) is 5.26 Å². The number of hydrogen-bond donors (Lipinski definition) is 1. The van der Waals surface area contributed by atoms with E-state index in [1.165, 1.54) is 0 Å². The third-order valence-corrected chi connectivity index (χ3v) is 3.18. The maximum atomic E-state index is 10.9. The molecule has 1 heterocycles. The summed E-state index contributed by atoms with van der Waals surface area (Å²) >= 11 is 0. The number of carboxylic acid groups (broad SMARTS) is 1. The lowest BCUT2D eigenvalue weighted by atomic mass is 10.1. The number of aromatic carboxylic acids is 1. The number of rotatable bonds is 3. The molecule has 0 radical (unpaired) electrons. The minimum absolute atomic E-state index is 0.166. The molecule has 0 saturated carbocycles. The largest absolute Gasteiger partial charge is 0.478 e. The zero-order valence-corrected chi connectivity index (χ0v) is 9.68. The van der Waals surface area contributed by atoms with E-state index in [9.17, 15) is 4.79 Å². The van der Waals surface area contributed by atoms with E-state index in [2.05, 4.69) is 6.07 Å². The second-order valence-corrected chi connectivity index (χ2v) is 4.15. The summed E-state index contributed by atoms with van der Waals surface area (Å²) in [5.41, 5.74) is 2.31. The second kappa shape index (κ2) is 4.46. The van der Waals surface area contributed by atoms with Gasteiger partial charge in [0.2, 0.25) is 0 Å². The molecule has 1 aliphatic heterocycles. The van der Waals surface area contributed by atoms with Crippen molar-refractivity contribution < 1.29 is 9.90 Å². The van der Waals surface area contributed by atoms with Crippen LogP contribution in [0, 0.1) is 11.3 Å². The molecule has 0 spiro atoms. The highest BCUT2D eigenvalue weighted by molar-refractivity contribution is 5.89. The van der Waals surface area contributed by atoms with E-state index in [0.29, 0.717) is 0 Å². The summed E-state index contributed by atoms with van der Waals surface area (Å²) in [6, 6.07) is 7.24. The minimum atomic E-state index is -0.926. The van der Waals surface area contributed by atoms with Crippen molar-refractivity contribution >= 4 is 11.7 Å². The Morgan fingerprint density at radius 2 is 2.41 bits per heavy atom. The van der Waals surface area contributed by atoms with Crippen molar-refractivity contribution in [2.45, 2.75) is 25.8 Å². The molecule has 1 aliphatic rings. The Balaban J connectivity index is 2.39.